The number of nitrogens with zero attached hydrogens (tertiary/aromatic N) is 1. The summed E-state index contributed by atoms with van der Waals surface area (Å²) in [6.45, 7) is 3.45. The maximum absolute atomic E-state index is 10.7. The molecule has 0 saturated heterocycles. The van der Waals surface area contributed by atoms with Crippen LogP contribution in [0.4, 0.5) is 0 Å². The van der Waals surface area contributed by atoms with Gasteiger partial charge in [0.1, 0.15) is 5.76 Å². The van der Waals surface area contributed by atoms with Crippen molar-refractivity contribution in [3.63, 3.8) is 0 Å². The molecule has 0 aliphatic carbocycles. The molecule has 1 aromatic heterocycles. The van der Waals surface area contributed by atoms with Crippen LogP contribution in [0.25, 0.3) is 0 Å². The fourth-order valence-electron chi connectivity index (χ4n) is 1.40. The smallest absolute Gasteiger partial charge is 0.236 e. The molecule has 1 amide bonds. The highest BCUT2D eigenvalue weighted by molar-refractivity contribution is 9.10. The summed E-state index contributed by atoms with van der Waals surface area (Å²) in [6.07, 6.45) is 1.46. The van der Waals surface area contributed by atoms with Crippen LogP contribution in [-0.4, -0.2) is 12.1 Å². The number of furan rings is 1. The van der Waals surface area contributed by atoms with Crippen molar-refractivity contribution >= 4 is 39.8 Å². The molecule has 104 valence electrons. The fourth-order valence-corrected chi connectivity index (χ4v) is 2.73. The second kappa shape index (κ2) is 6.76. The van der Waals surface area contributed by atoms with Crippen LogP contribution in [0.5, 0.6) is 0 Å². The SMILES string of the molecule is CC(=O)NN=Cc1cc(Br)c(Sc2ccc(C)cc2)o1. The Balaban J connectivity index is 2.09. The van der Waals surface area contributed by atoms with Crippen LogP contribution in [0.2, 0.25) is 0 Å². The standard InChI is InChI=1S/C14H13BrN2O2S/c1-9-3-5-12(6-4-9)20-14-13(15)7-11(19-14)8-16-17-10(2)18/h3-8H,1-2H3,(H,17,18). The minimum atomic E-state index is -0.221. The minimum Gasteiger partial charge on any atom is -0.447 e. The van der Waals surface area contributed by atoms with E-state index in [0.29, 0.717) is 5.76 Å². The molecule has 2 aromatic rings. The first-order chi connectivity index (χ1) is 9.54. The molecule has 1 heterocycles. The van der Waals surface area contributed by atoms with E-state index < -0.39 is 0 Å². The lowest BCUT2D eigenvalue weighted by atomic mass is 10.2. The summed E-state index contributed by atoms with van der Waals surface area (Å²) < 4.78 is 6.50. The second-order valence-electron chi connectivity index (χ2n) is 4.13. The van der Waals surface area contributed by atoms with Gasteiger partial charge in [0.25, 0.3) is 0 Å². The number of aryl methyl sites for hydroxylation is 1. The molecule has 0 spiro atoms. The Morgan fingerprint density at radius 1 is 1.40 bits per heavy atom. The number of carbonyl (C=O) groups excluding carboxylic acids is 1. The van der Waals surface area contributed by atoms with Crippen molar-refractivity contribution in [2.45, 2.75) is 23.8 Å². The molecular formula is C14H13BrN2O2S. The van der Waals surface area contributed by atoms with Gasteiger partial charge in [-0.2, -0.15) is 5.10 Å². The van der Waals surface area contributed by atoms with Gasteiger partial charge in [-0.05, 0) is 35.0 Å². The molecule has 1 N–H and O–H groups in total. The minimum absolute atomic E-state index is 0.221. The first-order valence-electron chi connectivity index (χ1n) is 5.88. The molecule has 2 rings (SSSR count). The van der Waals surface area contributed by atoms with Crippen LogP contribution >= 0.6 is 27.7 Å². The van der Waals surface area contributed by atoms with Gasteiger partial charge in [0.05, 0.1) is 10.7 Å². The van der Waals surface area contributed by atoms with Gasteiger partial charge in [-0.25, -0.2) is 5.43 Å². The third-order valence-corrected chi connectivity index (χ3v) is 4.17. The topological polar surface area (TPSA) is 54.6 Å². The van der Waals surface area contributed by atoms with Gasteiger partial charge in [-0.1, -0.05) is 29.5 Å². The first kappa shape index (κ1) is 14.9. The van der Waals surface area contributed by atoms with Crippen LogP contribution in [0.1, 0.15) is 18.2 Å². The van der Waals surface area contributed by atoms with Gasteiger partial charge in [0.2, 0.25) is 5.91 Å². The van der Waals surface area contributed by atoms with Crippen molar-refractivity contribution in [2.24, 2.45) is 5.10 Å². The van der Waals surface area contributed by atoms with Gasteiger partial charge in [-0.3, -0.25) is 4.79 Å². The third-order valence-electron chi connectivity index (χ3n) is 2.32. The Labute approximate surface area is 129 Å². The summed E-state index contributed by atoms with van der Waals surface area (Å²) in [5, 5.41) is 4.51. The van der Waals surface area contributed by atoms with E-state index in [2.05, 4.69) is 38.6 Å². The fraction of sp³-hybridized carbons (Fsp3) is 0.143. The summed E-state index contributed by atoms with van der Waals surface area (Å²) in [7, 11) is 0. The zero-order valence-corrected chi connectivity index (χ0v) is 13.4. The molecule has 6 heteroatoms. The number of hydrogen-bond acceptors (Lipinski definition) is 4. The molecule has 4 nitrogen and oxygen atoms in total. The number of benzene rings is 1. The zero-order chi connectivity index (χ0) is 14.5. The predicted molar refractivity (Wildman–Crippen MR) is 83.1 cm³/mol. The van der Waals surface area contributed by atoms with E-state index in [0.717, 1.165) is 14.5 Å². The normalized spacial score (nSPS) is 10.9. The lowest BCUT2D eigenvalue weighted by molar-refractivity contribution is -0.118. The van der Waals surface area contributed by atoms with Crippen LogP contribution < -0.4 is 5.43 Å². The van der Waals surface area contributed by atoms with Crippen LogP contribution in [0, 0.1) is 6.92 Å². The van der Waals surface area contributed by atoms with Crippen LogP contribution in [0.3, 0.4) is 0 Å². The Hall–Kier alpha value is -1.53. The number of halogens is 1. The molecule has 0 radical (unpaired) electrons. The van der Waals surface area contributed by atoms with Gasteiger partial charge < -0.3 is 4.42 Å². The second-order valence-corrected chi connectivity index (χ2v) is 6.03. The highest BCUT2D eigenvalue weighted by atomic mass is 79.9. The van der Waals surface area contributed by atoms with Gasteiger partial charge in [0.15, 0.2) is 5.09 Å². The maximum Gasteiger partial charge on any atom is 0.236 e. The molecule has 0 atom stereocenters. The molecule has 20 heavy (non-hydrogen) atoms. The van der Waals surface area contributed by atoms with E-state index in [1.165, 1.54) is 30.5 Å². The average molecular weight is 353 g/mol. The van der Waals surface area contributed by atoms with Crippen molar-refractivity contribution in [2.75, 3.05) is 0 Å². The molecule has 0 unspecified atom stereocenters. The quantitative estimate of drug-likeness (QED) is 0.668. The van der Waals surface area contributed by atoms with E-state index in [9.17, 15) is 4.79 Å². The summed E-state index contributed by atoms with van der Waals surface area (Å²) in [4.78, 5) is 11.8. The summed E-state index contributed by atoms with van der Waals surface area (Å²) in [5.41, 5.74) is 3.55. The molecular weight excluding hydrogens is 340 g/mol. The van der Waals surface area contributed by atoms with E-state index in [1.54, 1.807) is 0 Å². The average Bonchev–Trinajstić information content (AvgIpc) is 2.72. The first-order valence-corrected chi connectivity index (χ1v) is 7.49. The number of rotatable bonds is 4. The van der Waals surface area contributed by atoms with E-state index in [1.807, 2.05) is 25.1 Å². The molecule has 0 aliphatic heterocycles. The van der Waals surface area contributed by atoms with Gasteiger partial charge >= 0.3 is 0 Å². The lowest BCUT2D eigenvalue weighted by Crippen LogP contribution is -2.12. The predicted octanol–water partition coefficient (Wildman–Crippen LogP) is 3.97. The van der Waals surface area contributed by atoms with Crippen molar-refractivity contribution in [3.8, 4) is 0 Å². The van der Waals surface area contributed by atoms with Crippen molar-refractivity contribution in [1.82, 2.24) is 5.43 Å². The van der Waals surface area contributed by atoms with Crippen molar-refractivity contribution < 1.29 is 9.21 Å². The van der Waals surface area contributed by atoms with Crippen LogP contribution in [-0.2, 0) is 4.79 Å². The van der Waals surface area contributed by atoms with E-state index >= 15 is 0 Å². The Bertz CT molecular complexity index is 635. The Morgan fingerprint density at radius 2 is 2.10 bits per heavy atom. The monoisotopic (exact) mass is 352 g/mol. The largest absolute Gasteiger partial charge is 0.447 e. The third kappa shape index (κ3) is 4.25. The summed E-state index contributed by atoms with van der Waals surface area (Å²) in [5.74, 6) is 0.348. The summed E-state index contributed by atoms with van der Waals surface area (Å²) >= 11 is 4.97. The number of amides is 1. The van der Waals surface area contributed by atoms with Crippen molar-refractivity contribution in [3.05, 3.63) is 46.1 Å². The van der Waals surface area contributed by atoms with Gasteiger partial charge in [-0.15, -0.1) is 0 Å². The Kier molecular flexibility index (Phi) is 5.03. The van der Waals surface area contributed by atoms with Crippen LogP contribution in [0.15, 0.2) is 54.3 Å². The van der Waals surface area contributed by atoms with Crippen molar-refractivity contribution in [1.29, 1.82) is 0 Å². The molecule has 0 saturated carbocycles. The number of hydrazone groups is 1. The highest BCUT2D eigenvalue weighted by Gasteiger charge is 2.09. The number of nitrogens with one attached hydrogen (secondary N) is 1. The molecule has 0 fully saturated rings. The van der Waals surface area contributed by atoms with E-state index in [4.69, 9.17) is 4.42 Å². The number of hydrogen-bond donors (Lipinski definition) is 1. The lowest BCUT2D eigenvalue weighted by Gasteiger charge is -1.99. The highest BCUT2D eigenvalue weighted by Crippen LogP contribution is 2.35. The molecule has 0 aliphatic rings. The number of carbonyl (C=O) groups is 1. The Morgan fingerprint density at radius 3 is 2.75 bits per heavy atom. The van der Waals surface area contributed by atoms with Gasteiger partial charge in [0, 0.05) is 17.9 Å². The molecule has 0 bridgehead atoms. The molecule has 1 aromatic carbocycles. The van der Waals surface area contributed by atoms with E-state index in [-0.39, 0.29) is 5.91 Å². The maximum atomic E-state index is 10.7. The zero-order valence-electron chi connectivity index (χ0n) is 11.0. The summed E-state index contributed by atoms with van der Waals surface area (Å²) in [6, 6.07) is 10.00.